The van der Waals surface area contributed by atoms with Crippen LogP contribution in [0.4, 0.5) is 11.7 Å². The van der Waals surface area contributed by atoms with Gasteiger partial charge in [-0.05, 0) is 13.8 Å². The van der Waals surface area contributed by atoms with Crippen molar-refractivity contribution in [2.75, 3.05) is 23.7 Å². The first-order chi connectivity index (χ1) is 5.27. The molecule has 0 aliphatic carbocycles. The number of nitrogens with zero attached hydrogens (tertiary/aromatic N) is 2. The summed E-state index contributed by atoms with van der Waals surface area (Å²) in [6.07, 6.45) is 0. The molecular formula is C7H13N3O. The molecule has 0 amide bonds. The molecule has 62 valence electrons. The van der Waals surface area contributed by atoms with E-state index in [1.807, 2.05) is 0 Å². The molecule has 0 atom stereocenters. The maximum atomic E-state index is 5.37. The molecule has 0 saturated carbocycles. The van der Waals surface area contributed by atoms with E-state index < -0.39 is 0 Å². The molecule has 1 heterocycles. The Morgan fingerprint density at radius 1 is 1.55 bits per heavy atom. The van der Waals surface area contributed by atoms with Gasteiger partial charge in [0.2, 0.25) is 5.88 Å². The molecule has 4 nitrogen and oxygen atoms in total. The molecule has 2 N–H and O–H groups in total. The summed E-state index contributed by atoms with van der Waals surface area (Å²) >= 11 is 0. The zero-order valence-electron chi connectivity index (χ0n) is 6.87. The topological polar surface area (TPSA) is 55.3 Å². The van der Waals surface area contributed by atoms with E-state index in [1.54, 1.807) is 6.07 Å². The van der Waals surface area contributed by atoms with Crippen LogP contribution < -0.4 is 10.6 Å². The molecule has 0 unspecified atom stereocenters. The molecule has 11 heavy (non-hydrogen) atoms. The van der Waals surface area contributed by atoms with Crippen LogP contribution in [0.5, 0.6) is 0 Å². The third-order valence-corrected chi connectivity index (χ3v) is 1.60. The summed E-state index contributed by atoms with van der Waals surface area (Å²) in [4.78, 5) is 2.07. The van der Waals surface area contributed by atoms with Crippen LogP contribution in [0.3, 0.4) is 0 Å². The van der Waals surface area contributed by atoms with Crippen LogP contribution >= 0.6 is 0 Å². The number of aromatic nitrogens is 1. The molecule has 0 fully saturated rings. The normalized spacial score (nSPS) is 10.0. The molecule has 0 bridgehead atoms. The van der Waals surface area contributed by atoms with Crippen molar-refractivity contribution in [1.82, 2.24) is 5.16 Å². The van der Waals surface area contributed by atoms with E-state index in [9.17, 15) is 0 Å². The summed E-state index contributed by atoms with van der Waals surface area (Å²) in [7, 11) is 0. The summed E-state index contributed by atoms with van der Waals surface area (Å²) in [6, 6.07) is 1.73. The van der Waals surface area contributed by atoms with Crippen molar-refractivity contribution >= 4 is 11.7 Å². The van der Waals surface area contributed by atoms with Crippen molar-refractivity contribution in [3.05, 3.63) is 6.07 Å². The van der Waals surface area contributed by atoms with E-state index in [4.69, 9.17) is 10.3 Å². The third kappa shape index (κ3) is 1.63. The molecule has 0 saturated heterocycles. The second kappa shape index (κ2) is 3.27. The first-order valence-electron chi connectivity index (χ1n) is 3.75. The molecule has 0 radical (unpaired) electrons. The van der Waals surface area contributed by atoms with E-state index >= 15 is 0 Å². The fourth-order valence-corrected chi connectivity index (χ4v) is 0.976. The Hall–Kier alpha value is -1.19. The quantitative estimate of drug-likeness (QED) is 0.710. The molecule has 4 heteroatoms. The fourth-order valence-electron chi connectivity index (χ4n) is 0.976. The minimum Gasteiger partial charge on any atom is -0.368 e. The number of nitrogen functional groups attached to an aromatic ring is 1. The predicted octanol–water partition coefficient (Wildman–Crippen LogP) is 1.10. The fraction of sp³-hybridized carbons (Fsp3) is 0.571. The average Bonchev–Trinajstić information content (AvgIpc) is 2.39. The van der Waals surface area contributed by atoms with Crippen molar-refractivity contribution < 1.29 is 4.52 Å². The second-order valence-electron chi connectivity index (χ2n) is 2.26. The average molecular weight is 155 g/mol. The molecule has 0 spiro atoms. The highest BCUT2D eigenvalue weighted by atomic mass is 16.5. The Labute approximate surface area is 66.0 Å². The summed E-state index contributed by atoms with van der Waals surface area (Å²) in [5.74, 6) is 1.18. The summed E-state index contributed by atoms with van der Waals surface area (Å²) in [5, 5.41) is 3.78. The lowest BCUT2D eigenvalue weighted by Crippen LogP contribution is -2.21. The summed E-state index contributed by atoms with van der Waals surface area (Å²) in [5.41, 5.74) is 5.37. The van der Waals surface area contributed by atoms with Gasteiger partial charge in [-0.25, -0.2) is 0 Å². The first kappa shape index (κ1) is 7.91. The van der Waals surface area contributed by atoms with E-state index in [0.29, 0.717) is 5.88 Å². The van der Waals surface area contributed by atoms with Crippen LogP contribution in [0, 0.1) is 0 Å². The van der Waals surface area contributed by atoms with Crippen molar-refractivity contribution in [2.45, 2.75) is 13.8 Å². The lowest BCUT2D eigenvalue weighted by Gasteiger charge is -2.15. The monoisotopic (exact) mass is 155 g/mol. The maximum Gasteiger partial charge on any atom is 0.224 e. The number of hydrogen-bond acceptors (Lipinski definition) is 4. The highest BCUT2D eigenvalue weighted by Gasteiger charge is 2.05. The Bertz CT molecular complexity index is 217. The molecule has 0 aliphatic rings. The molecule has 1 aromatic rings. The Kier molecular flexibility index (Phi) is 2.36. The van der Waals surface area contributed by atoms with E-state index in [0.717, 1.165) is 18.9 Å². The van der Waals surface area contributed by atoms with E-state index in [2.05, 4.69) is 23.9 Å². The zero-order valence-corrected chi connectivity index (χ0v) is 6.87. The van der Waals surface area contributed by atoms with Crippen molar-refractivity contribution in [3.63, 3.8) is 0 Å². The second-order valence-corrected chi connectivity index (χ2v) is 2.26. The van der Waals surface area contributed by atoms with Crippen molar-refractivity contribution in [2.24, 2.45) is 0 Å². The van der Waals surface area contributed by atoms with Crippen LogP contribution in [0.2, 0.25) is 0 Å². The Morgan fingerprint density at radius 3 is 2.55 bits per heavy atom. The minimum atomic E-state index is 0.368. The van der Waals surface area contributed by atoms with Crippen LogP contribution in [0.15, 0.2) is 10.6 Å². The van der Waals surface area contributed by atoms with Gasteiger partial charge in [0.05, 0.1) is 0 Å². The lowest BCUT2D eigenvalue weighted by molar-refractivity contribution is 0.436. The van der Waals surface area contributed by atoms with Crippen LogP contribution in [-0.2, 0) is 0 Å². The van der Waals surface area contributed by atoms with E-state index in [1.165, 1.54) is 0 Å². The molecule has 1 aromatic heterocycles. The van der Waals surface area contributed by atoms with Crippen LogP contribution in [0.25, 0.3) is 0 Å². The number of rotatable bonds is 3. The molecule has 1 rings (SSSR count). The first-order valence-corrected chi connectivity index (χ1v) is 3.75. The van der Waals surface area contributed by atoms with Gasteiger partial charge in [-0.15, -0.1) is 0 Å². The molecular weight excluding hydrogens is 142 g/mol. The zero-order chi connectivity index (χ0) is 8.27. The van der Waals surface area contributed by atoms with Gasteiger partial charge in [0.25, 0.3) is 0 Å². The van der Waals surface area contributed by atoms with E-state index in [-0.39, 0.29) is 0 Å². The van der Waals surface area contributed by atoms with Crippen molar-refractivity contribution in [3.8, 4) is 0 Å². The van der Waals surface area contributed by atoms with Gasteiger partial charge < -0.3 is 15.2 Å². The van der Waals surface area contributed by atoms with Gasteiger partial charge in [-0.1, -0.05) is 5.16 Å². The lowest BCUT2D eigenvalue weighted by atomic mass is 10.5. The molecule has 0 aromatic carbocycles. The predicted molar refractivity (Wildman–Crippen MR) is 44.5 cm³/mol. The minimum absolute atomic E-state index is 0.368. The van der Waals surface area contributed by atoms with Crippen LogP contribution in [0.1, 0.15) is 13.8 Å². The Balaban J connectivity index is 2.73. The van der Waals surface area contributed by atoms with Gasteiger partial charge in [0.1, 0.15) is 0 Å². The van der Waals surface area contributed by atoms with Crippen molar-refractivity contribution in [1.29, 1.82) is 0 Å². The number of nitrogens with two attached hydrogens (primary N) is 1. The number of hydrogen-bond donors (Lipinski definition) is 1. The number of anilines is 2. The van der Waals surface area contributed by atoms with Gasteiger partial charge in [0.15, 0.2) is 5.82 Å². The Morgan fingerprint density at radius 2 is 2.18 bits per heavy atom. The standard InChI is InChI=1S/C7H13N3O/c1-3-10(4-2)7-5-6(8)11-9-7/h5H,3-4,8H2,1-2H3. The van der Waals surface area contributed by atoms with Crippen LogP contribution in [-0.4, -0.2) is 18.2 Å². The SMILES string of the molecule is CCN(CC)c1cc(N)on1. The van der Waals surface area contributed by atoms with Gasteiger partial charge in [0, 0.05) is 19.2 Å². The summed E-state index contributed by atoms with van der Waals surface area (Å²) in [6.45, 7) is 5.97. The van der Waals surface area contributed by atoms with Gasteiger partial charge in [-0.3, -0.25) is 0 Å². The van der Waals surface area contributed by atoms with Gasteiger partial charge >= 0.3 is 0 Å². The smallest absolute Gasteiger partial charge is 0.224 e. The third-order valence-electron chi connectivity index (χ3n) is 1.60. The summed E-state index contributed by atoms with van der Waals surface area (Å²) < 4.78 is 4.74. The largest absolute Gasteiger partial charge is 0.368 e. The highest BCUT2D eigenvalue weighted by Crippen LogP contribution is 2.14. The highest BCUT2D eigenvalue weighted by molar-refractivity contribution is 5.44. The maximum absolute atomic E-state index is 5.37. The van der Waals surface area contributed by atoms with Gasteiger partial charge in [-0.2, -0.15) is 0 Å². The molecule has 0 aliphatic heterocycles.